The number of nitrogens with zero attached hydrogens (tertiary/aromatic N) is 3. The maximum Gasteiger partial charge on any atom is 0.350 e. The highest BCUT2D eigenvalue weighted by atomic mass is 32.1. The van der Waals surface area contributed by atoms with Crippen molar-refractivity contribution >= 4 is 33.6 Å². The van der Waals surface area contributed by atoms with Crippen molar-refractivity contribution in [2.75, 3.05) is 0 Å². The normalized spacial score (nSPS) is 11.2. The number of aryl methyl sites for hydroxylation is 1. The molecule has 0 saturated heterocycles. The first-order valence-corrected chi connectivity index (χ1v) is 8.49. The number of fused-ring (bicyclic) bond motifs is 1. The molecule has 6 nitrogen and oxygen atoms in total. The molecule has 0 aromatic carbocycles. The van der Waals surface area contributed by atoms with Crippen LogP contribution >= 0.6 is 22.7 Å². The van der Waals surface area contributed by atoms with Gasteiger partial charge in [-0.25, -0.2) is 14.8 Å². The Kier molecular flexibility index (Phi) is 3.47. The van der Waals surface area contributed by atoms with Gasteiger partial charge in [-0.1, -0.05) is 17.4 Å². The lowest BCUT2D eigenvalue weighted by atomic mass is 10.4. The topological polar surface area (TPSA) is 69.6 Å². The molecule has 0 saturated carbocycles. The molecule has 0 unspecified atom stereocenters. The SMILES string of the molecule is Cc1cn2cc(C(=O)OCc3ncc(-c4cccs4)o3)sc2n1. The fourth-order valence-electron chi connectivity index (χ4n) is 2.12. The average Bonchev–Trinajstić information content (AvgIpc) is 3.27. The van der Waals surface area contributed by atoms with Gasteiger partial charge in [-0.15, -0.1) is 11.3 Å². The lowest BCUT2D eigenvalue weighted by Gasteiger charge is -1.98. The number of aromatic nitrogens is 3. The number of imidazole rings is 1. The van der Waals surface area contributed by atoms with Gasteiger partial charge in [-0.05, 0) is 18.4 Å². The third kappa shape index (κ3) is 2.78. The van der Waals surface area contributed by atoms with Gasteiger partial charge in [0, 0.05) is 12.4 Å². The van der Waals surface area contributed by atoms with Gasteiger partial charge in [0.15, 0.2) is 17.3 Å². The van der Waals surface area contributed by atoms with Crippen molar-refractivity contribution in [3.63, 3.8) is 0 Å². The van der Waals surface area contributed by atoms with E-state index in [1.807, 2.05) is 35.0 Å². The van der Waals surface area contributed by atoms with Crippen LogP contribution < -0.4 is 0 Å². The van der Waals surface area contributed by atoms with Crippen LogP contribution in [0.15, 0.2) is 40.5 Å². The van der Waals surface area contributed by atoms with E-state index in [0.29, 0.717) is 16.5 Å². The largest absolute Gasteiger partial charge is 0.451 e. The molecule has 0 atom stereocenters. The predicted octanol–water partition coefficient (Wildman–Crippen LogP) is 3.78. The molecule has 4 aromatic heterocycles. The minimum atomic E-state index is -0.408. The summed E-state index contributed by atoms with van der Waals surface area (Å²) >= 11 is 2.86. The van der Waals surface area contributed by atoms with E-state index in [9.17, 15) is 4.79 Å². The number of oxazole rings is 1. The van der Waals surface area contributed by atoms with E-state index in [1.165, 1.54) is 11.3 Å². The second kappa shape index (κ2) is 5.64. The molecular weight excluding hydrogens is 334 g/mol. The first-order chi connectivity index (χ1) is 11.2. The van der Waals surface area contributed by atoms with E-state index in [-0.39, 0.29) is 6.61 Å². The Labute approximate surface area is 139 Å². The number of ether oxygens (including phenoxy) is 1. The zero-order valence-electron chi connectivity index (χ0n) is 12.1. The van der Waals surface area contributed by atoms with E-state index in [1.54, 1.807) is 23.7 Å². The molecule has 23 heavy (non-hydrogen) atoms. The first kappa shape index (κ1) is 14.2. The van der Waals surface area contributed by atoms with Gasteiger partial charge in [0.1, 0.15) is 4.88 Å². The zero-order chi connectivity index (χ0) is 15.8. The van der Waals surface area contributed by atoms with Crippen molar-refractivity contribution in [2.45, 2.75) is 13.5 Å². The minimum absolute atomic E-state index is 0.00342. The molecule has 4 heterocycles. The fraction of sp³-hybridized carbons (Fsp3) is 0.133. The van der Waals surface area contributed by atoms with Crippen molar-refractivity contribution in [1.29, 1.82) is 0 Å². The van der Waals surface area contributed by atoms with Gasteiger partial charge in [-0.3, -0.25) is 4.40 Å². The summed E-state index contributed by atoms with van der Waals surface area (Å²) in [5, 5.41) is 1.96. The second-order valence-electron chi connectivity index (χ2n) is 4.84. The molecule has 0 fully saturated rings. The summed E-state index contributed by atoms with van der Waals surface area (Å²) in [5.74, 6) is 0.643. The maximum atomic E-state index is 12.1. The molecule has 4 rings (SSSR count). The Balaban J connectivity index is 1.44. The van der Waals surface area contributed by atoms with E-state index in [4.69, 9.17) is 9.15 Å². The number of carbonyl (C=O) groups excluding carboxylic acids is 1. The molecule has 0 amide bonds. The van der Waals surface area contributed by atoms with Gasteiger partial charge in [0.2, 0.25) is 5.89 Å². The van der Waals surface area contributed by atoms with Crippen LogP contribution in [-0.4, -0.2) is 20.3 Å². The van der Waals surface area contributed by atoms with Crippen LogP contribution in [0.1, 0.15) is 21.3 Å². The van der Waals surface area contributed by atoms with Gasteiger partial charge in [0.05, 0.1) is 16.8 Å². The van der Waals surface area contributed by atoms with Crippen LogP contribution in [0.2, 0.25) is 0 Å². The monoisotopic (exact) mass is 345 g/mol. The molecule has 0 aliphatic rings. The van der Waals surface area contributed by atoms with E-state index >= 15 is 0 Å². The van der Waals surface area contributed by atoms with Crippen molar-refractivity contribution < 1.29 is 13.9 Å². The second-order valence-corrected chi connectivity index (χ2v) is 6.80. The summed E-state index contributed by atoms with van der Waals surface area (Å²) in [7, 11) is 0. The van der Waals surface area contributed by atoms with Crippen LogP contribution in [0.4, 0.5) is 0 Å². The molecular formula is C15H11N3O3S2. The number of thiazole rings is 1. The average molecular weight is 345 g/mol. The lowest BCUT2D eigenvalue weighted by molar-refractivity contribution is 0.0444. The summed E-state index contributed by atoms with van der Waals surface area (Å²) in [5.41, 5.74) is 0.914. The number of thiophene rings is 1. The summed E-state index contributed by atoms with van der Waals surface area (Å²) in [4.78, 5) is 22.8. The number of carbonyl (C=O) groups is 1. The molecule has 4 aromatic rings. The third-order valence-corrected chi connectivity index (χ3v) is 4.98. The third-order valence-electron chi connectivity index (χ3n) is 3.12. The molecule has 0 spiro atoms. The fourth-order valence-corrected chi connectivity index (χ4v) is 3.69. The number of hydrogen-bond donors (Lipinski definition) is 0. The van der Waals surface area contributed by atoms with E-state index in [2.05, 4.69) is 9.97 Å². The molecule has 0 aliphatic carbocycles. The van der Waals surface area contributed by atoms with Crippen LogP contribution in [-0.2, 0) is 11.3 Å². The summed E-state index contributed by atoms with van der Waals surface area (Å²) in [6.45, 7) is 1.91. The van der Waals surface area contributed by atoms with Crippen LogP contribution in [0.25, 0.3) is 15.6 Å². The van der Waals surface area contributed by atoms with Crippen LogP contribution in [0.3, 0.4) is 0 Å². The minimum Gasteiger partial charge on any atom is -0.451 e. The molecule has 0 aliphatic heterocycles. The summed E-state index contributed by atoms with van der Waals surface area (Å²) < 4.78 is 12.6. The van der Waals surface area contributed by atoms with Crippen molar-refractivity contribution in [3.05, 3.63) is 52.6 Å². The van der Waals surface area contributed by atoms with Crippen molar-refractivity contribution in [1.82, 2.24) is 14.4 Å². The summed E-state index contributed by atoms with van der Waals surface area (Å²) in [6, 6.07) is 3.89. The highest BCUT2D eigenvalue weighted by Crippen LogP contribution is 2.25. The van der Waals surface area contributed by atoms with E-state index in [0.717, 1.165) is 15.5 Å². The lowest BCUT2D eigenvalue weighted by Crippen LogP contribution is -2.03. The van der Waals surface area contributed by atoms with Crippen LogP contribution in [0.5, 0.6) is 0 Å². The Hall–Kier alpha value is -2.45. The Morgan fingerprint density at radius 2 is 2.35 bits per heavy atom. The van der Waals surface area contributed by atoms with Crippen LogP contribution in [0, 0.1) is 6.92 Å². The Bertz CT molecular complexity index is 934. The van der Waals surface area contributed by atoms with Gasteiger partial charge < -0.3 is 9.15 Å². The maximum absolute atomic E-state index is 12.1. The predicted molar refractivity (Wildman–Crippen MR) is 86.7 cm³/mol. The van der Waals surface area contributed by atoms with E-state index < -0.39 is 5.97 Å². The zero-order valence-corrected chi connectivity index (χ0v) is 13.7. The smallest absolute Gasteiger partial charge is 0.350 e. The quantitative estimate of drug-likeness (QED) is 0.527. The number of hydrogen-bond acceptors (Lipinski definition) is 7. The van der Waals surface area contributed by atoms with Crippen molar-refractivity contribution in [2.24, 2.45) is 0 Å². The number of esters is 1. The number of rotatable bonds is 4. The molecule has 0 radical (unpaired) electrons. The molecule has 8 heteroatoms. The first-order valence-electron chi connectivity index (χ1n) is 6.80. The summed E-state index contributed by atoms with van der Waals surface area (Å²) in [6.07, 6.45) is 5.22. The van der Waals surface area contributed by atoms with Gasteiger partial charge >= 0.3 is 5.97 Å². The van der Waals surface area contributed by atoms with Gasteiger partial charge in [-0.2, -0.15) is 0 Å². The Morgan fingerprint density at radius 1 is 1.43 bits per heavy atom. The highest BCUT2D eigenvalue weighted by molar-refractivity contribution is 7.18. The standard InChI is InChI=1S/C15H11N3O3S2/c1-9-6-18-7-12(23-15(18)17-9)14(19)20-8-13-16-5-10(21-13)11-3-2-4-22-11/h2-7H,8H2,1H3. The molecule has 0 bridgehead atoms. The molecule has 0 N–H and O–H groups in total. The Morgan fingerprint density at radius 3 is 3.13 bits per heavy atom. The van der Waals surface area contributed by atoms with Crippen molar-refractivity contribution in [3.8, 4) is 10.6 Å². The van der Waals surface area contributed by atoms with Gasteiger partial charge in [0.25, 0.3) is 0 Å². The molecule has 116 valence electrons. The highest BCUT2D eigenvalue weighted by Gasteiger charge is 2.15.